The van der Waals surface area contributed by atoms with Crippen LogP contribution in [0.1, 0.15) is 30.0 Å². The molecule has 0 aliphatic heterocycles. The first-order chi connectivity index (χ1) is 12.2. The first-order valence-electron chi connectivity index (χ1n) is 7.59. The number of aromatic nitrogens is 2. The van der Waals surface area contributed by atoms with Gasteiger partial charge in [-0.3, -0.25) is 5.43 Å². The molecule has 0 aromatic carbocycles. The van der Waals surface area contributed by atoms with Gasteiger partial charge in [0.1, 0.15) is 11.0 Å². The van der Waals surface area contributed by atoms with Crippen LogP contribution in [0, 0.1) is 6.92 Å². The van der Waals surface area contributed by atoms with Crippen LogP contribution in [0.15, 0.2) is 18.4 Å². The van der Waals surface area contributed by atoms with Crippen molar-refractivity contribution in [2.45, 2.75) is 26.4 Å². The maximum Gasteiger partial charge on any atom is 0.419 e. The highest BCUT2D eigenvalue weighted by molar-refractivity contribution is 6.30. The van der Waals surface area contributed by atoms with Gasteiger partial charge in [-0.25, -0.2) is 4.98 Å². The highest BCUT2D eigenvalue weighted by atomic mass is 35.5. The third-order valence-corrected chi connectivity index (χ3v) is 3.73. The van der Waals surface area contributed by atoms with Crippen LogP contribution in [0.2, 0.25) is 5.15 Å². The first kappa shape index (κ1) is 19.8. The number of hydrogen-bond donors (Lipinski definition) is 3. The van der Waals surface area contributed by atoms with Crippen LogP contribution in [-0.2, 0) is 10.9 Å². The zero-order chi connectivity index (χ0) is 19.5. The minimum absolute atomic E-state index is 0.0960. The van der Waals surface area contributed by atoms with Gasteiger partial charge < -0.3 is 14.9 Å². The largest absolute Gasteiger partial charge is 0.501 e. The molecule has 0 saturated carbocycles. The third kappa shape index (κ3) is 4.16. The number of rotatable bonds is 6. The van der Waals surface area contributed by atoms with Crippen molar-refractivity contribution in [3.05, 3.63) is 40.2 Å². The second-order valence-electron chi connectivity index (χ2n) is 5.34. The van der Waals surface area contributed by atoms with Crippen molar-refractivity contribution in [1.29, 1.82) is 0 Å². The molecule has 2 heterocycles. The Balaban J connectivity index is 2.30. The van der Waals surface area contributed by atoms with Crippen LogP contribution in [0.4, 0.5) is 19.0 Å². The Kier molecular flexibility index (Phi) is 5.91. The summed E-state index contributed by atoms with van der Waals surface area (Å²) in [6, 6.07) is 1.78. The molecule has 0 aliphatic carbocycles. The van der Waals surface area contributed by atoms with Gasteiger partial charge in [-0.05, 0) is 31.6 Å². The Labute approximate surface area is 152 Å². The highest BCUT2D eigenvalue weighted by Crippen LogP contribution is 2.36. The Morgan fingerprint density at radius 2 is 2.00 bits per heavy atom. The minimum atomic E-state index is -4.63. The smallest absolute Gasteiger partial charge is 0.419 e. The summed E-state index contributed by atoms with van der Waals surface area (Å²) < 4.78 is 44.2. The molecular weight excluding hydrogens is 375 g/mol. The SMILES string of the molecule is CCCO/C=C/c1c(C)c(O)n(Nc2ccc(C(F)(F)F)c(Cl)n2)c1O. The average molecular weight is 392 g/mol. The zero-order valence-electron chi connectivity index (χ0n) is 13.9. The topological polar surface area (TPSA) is 79.5 Å². The monoisotopic (exact) mass is 391 g/mol. The van der Waals surface area contributed by atoms with E-state index in [1.54, 1.807) is 6.92 Å². The Bertz CT molecular complexity index is 819. The van der Waals surface area contributed by atoms with Gasteiger partial charge in [0.15, 0.2) is 0 Å². The molecular formula is C16H17ClF3N3O3. The van der Waals surface area contributed by atoms with Gasteiger partial charge in [0, 0.05) is 11.1 Å². The van der Waals surface area contributed by atoms with Gasteiger partial charge >= 0.3 is 6.18 Å². The molecule has 0 atom stereocenters. The molecule has 142 valence electrons. The normalized spacial score (nSPS) is 11.9. The number of ether oxygens (including phenoxy) is 1. The van der Waals surface area contributed by atoms with E-state index in [0.29, 0.717) is 12.2 Å². The molecule has 6 nitrogen and oxygen atoms in total. The summed E-state index contributed by atoms with van der Waals surface area (Å²) in [5.74, 6) is -0.800. The van der Waals surface area contributed by atoms with Crippen LogP contribution in [0.5, 0.6) is 11.8 Å². The predicted molar refractivity (Wildman–Crippen MR) is 91.0 cm³/mol. The molecule has 2 rings (SSSR count). The van der Waals surface area contributed by atoms with Crippen molar-refractivity contribution in [3.8, 4) is 11.8 Å². The predicted octanol–water partition coefficient (Wildman–Crippen LogP) is 4.55. The lowest BCUT2D eigenvalue weighted by Gasteiger charge is -2.12. The van der Waals surface area contributed by atoms with Gasteiger partial charge in [0.25, 0.3) is 0 Å². The lowest BCUT2D eigenvalue weighted by molar-refractivity contribution is -0.137. The second kappa shape index (κ2) is 7.77. The van der Waals surface area contributed by atoms with Crippen molar-refractivity contribution in [3.63, 3.8) is 0 Å². The van der Waals surface area contributed by atoms with Crippen molar-refractivity contribution >= 4 is 23.5 Å². The third-order valence-electron chi connectivity index (χ3n) is 3.44. The van der Waals surface area contributed by atoms with E-state index in [9.17, 15) is 23.4 Å². The molecule has 3 N–H and O–H groups in total. The van der Waals surface area contributed by atoms with Gasteiger partial charge in [-0.1, -0.05) is 18.5 Å². The Hall–Kier alpha value is -2.55. The summed E-state index contributed by atoms with van der Waals surface area (Å²) in [4.78, 5) is 3.59. The summed E-state index contributed by atoms with van der Waals surface area (Å²) >= 11 is 5.56. The summed E-state index contributed by atoms with van der Waals surface area (Å²) in [5, 5.41) is 19.6. The molecule has 0 fully saturated rings. The lowest BCUT2D eigenvalue weighted by Crippen LogP contribution is -2.12. The van der Waals surface area contributed by atoms with Crippen molar-refractivity contribution in [1.82, 2.24) is 9.66 Å². The van der Waals surface area contributed by atoms with Crippen LogP contribution in [0.25, 0.3) is 6.08 Å². The van der Waals surface area contributed by atoms with Gasteiger partial charge in [-0.2, -0.15) is 17.8 Å². The summed E-state index contributed by atoms with van der Waals surface area (Å²) in [6.07, 6.45) is -0.981. The maximum absolute atomic E-state index is 12.7. The van der Waals surface area contributed by atoms with Crippen LogP contribution < -0.4 is 5.43 Å². The number of nitrogens with one attached hydrogen (secondary N) is 1. The van der Waals surface area contributed by atoms with E-state index < -0.39 is 16.9 Å². The number of halogens is 4. The second-order valence-corrected chi connectivity index (χ2v) is 5.70. The maximum atomic E-state index is 12.7. The van der Waals surface area contributed by atoms with E-state index in [2.05, 4.69) is 10.4 Å². The number of anilines is 1. The van der Waals surface area contributed by atoms with Gasteiger partial charge in [-0.15, -0.1) is 0 Å². The summed E-state index contributed by atoms with van der Waals surface area (Å²) in [5.41, 5.74) is 2.04. The zero-order valence-corrected chi connectivity index (χ0v) is 14.7. The van der Waals surface area contributed by atoms with E-state index in [-0.39, 0.29) is 23.1 Å². The lowest BCUT2D eigenvalue weighted by atomic mass is 10.2. The molecule has 0 aliphatic rings. The molecule has 0 spiro atoms. The minimum Gasteiger partial charge on any atom is -0.501 e. The molecule has 2 aromatic heterocycles. The van der Waals surface area contributed by atoms with E-state index in [1.807, 2.05) is 6.92 Å². The van der Waals surface area contributed by atoms with Gasteiger partial charge in [0.2, 0.25) is 11.8 Å². The molecule has 2 aromatic rings. The van der Waals surface area contributed by atoms with Crippen molar-refractivity contribution in [2.75, 3.05) is 12.0 Å². The standard InChI is InChI=1S/C16H17ClF3N3O3/c1-3-7-26-8-6-10-9(2)14(24)23(15(10)25)22-12-5-4-11(13(17)21-12)16(18,19)20/h4-6,8,24-25H,3,7H2,1-2H3,(H,21,22)/b8-6+. The quantitative estimate of drug-likeness (QED) is 0.382. The van der Waals surface area contributed by atoms with E-state index in [4.69, 9.17) is 16.3 Å². The summed E-state index contributed by atoms with van der Waals surface area (Å²) in [6.45, 7) is 3.99. The van der Waals surface area contributed by atoms with Crippen molar-refractivity contribution in [2.24, 2.45) is 0 Å². The number of alkyl halides is 3. The molecule has 26 heavy (non-hydrogen) atoms. The molecule has 0 amide bonds. The first-order valence-corrected chi connectivity index (χ1v) is 7.96. The molecule has 0 bridgehead atoms. The Morgan fingerprint density at radius 3 is 2.58 bits per heavy atom. The number of pyridine rings is 1. The van der Waals surface area contributed by atoms with E-state index >= 15 is 0 Å². The Morgan fingerprint density at radius 1 is 1.31 bits per heavy atom. The molecule has 10 heteroatoms. The van der Waals surface area contributed by atoms with Crippen LogP contribution >= 0.6 is 11.6 Å². The highest BCUT2D eigenvalue weighted by Gasteiger charge is 2.34. The van der Waals surface area contributed by atoms with Crippen LogP contribution in [0.3, 0.4) is 0 Å². The van der Waals surface area contributed by atoms with Crippen LogP contribution in [-0.4, -0.2) is 26.5 Å². The van der Waals surface area contributed by atoms with Crippen molar-refractivity contribution < 1.29 is 28.1 Å². The number of aromatic hydroxyl groups is 2. The fourth-order valence-electron chi connectivity index (χ4n) is 2.11. The number of nitrogens with zero attached hydrogens (tertiary/aromatic N) is 2. The van der Waals surface area contributed by atoms with Gasteiger partial charge in [0.05, 0.1) is 18.4 Å². The molecule has 0 unspecified atom stereocenters. The van der Waals surface area contributed by atoms with E-state index in [0.717, 1.165) is 23.2 Å². The molecule has 0 radical (unpaired) electrons. The van der Waals surface area contributed by atoms with E-state index in [1.165, 1.54) is 12.3 Å². The summed E-state index contributed by atoms with van der Waals surface area (Å²) in [7, 11) is 0. The molecule has 0 saturated heterocycles. The average Bonchev–Trinajstić information content (AvgIpc) is 2.75. The number of hydrogen-bond acceptors (Lipinski definition) is 5. The fraction of sp³-hybridized carbons (Fsp3) is 0.312. The fourth-order valence-corrected chi connectivity index (χ4v) is 2.37.